The number of fused-ring (bicyclic) bond motifs is 1. The van der Waals surface area contributed by atoms with Crippen molar-refractivity contribution >= 4 is 17.5 Å². The number of para-hydroxylation sites is 1. The SMILES string of the molecule is O=C1/C(=C/c2ccccc2)C(Nc2ccccc2)c2ccccc21. The average Bonchev–Trinajstić information content (AvgIpc) is 2.90. The molecule has 0 bridgehead atoms. The van der Waals surface area contributed by atoms with Gasteiger partial charge in [0.25, 0.3) is 0 Å². The van der Waals surface area contributed by atoms with Crippen LogP contribution in [-0.4, -0.2) is 5.78 Å². The molecule has 1 aliphatic rings. The fourth-order valence-electron chi connectivity index (χ4n) is 3.14. The van der Waals surface area contributed by atoms with Crippen LogP contribution in [0.1, 0.15) is 27.5 Å². The Labute approximate surface area is 141 Å². The van der Waals surface area contributed by atoms with Gasteiger partial charge < -0.3 is 5.32 Å². The Morgan fingerprint density at radius 3 is 2.12 bits per heavy atom. The third kappa shape index (κ3) is 2.63. The largest absolute Gasteiger partial charge is 0.374 e. The van der Waals surface area contributed by atoms with Crippen molar-refractivity contribution in [1.82, 2.24) is 0 Å². The summed E-state index contributed by atoms with van der Waals surface area (Å²) >= 11 is 0. The van der Waals surface area contributed by atoms with E-state index < -0.39 is 0 Å². The van der Waals surface area contributed by atoms with Gasteiger partial charge in [0.1, 0.15) is 0 Å². The summed E-state index contributed by atoms with van der Waals surface area (Å²) < 4.78 is 0. The van der Waals surface area contributed by atoms with Gasteiger partial charge in [-0.25, -0.2) is 0 Å². The molecule has 0 aliphatic heterocycles. The Hall–Kier alpha value is -3.13. The second kappa shape index (κ2) is 6.17. The van der Waals surface area contributed by atoms with Crippen molar-refractivity contribution in [2.24, 2.45) is 0 Å². The van der Waals surface area contributed by atoms with Gasteiger partial charge in [-0.1, -0.05) is 72.8 Å². The lowest BCUT2D eigenvalue weighted by molar-refractivity contribution is 0.103. The van der Waals surface area contributed by atoms with Crippen LogP contribution < -0.4 is 5.32 Å². The lowest BCUT2D eigenvalue weighted by Gasteiger charge is -2.17. The first kappa shape index (κ1) is 14.5. The molecule has 0 saturated heterocycles. The molecule has 4 rings (SSSR count). The van der Waals surface area contributed by atoms with Crippen molar-refractivity contribution in [3.63, 3.8) is 0 Å². The quantitative estimate of drug-likeness (QED) is 0.680. The molecule has 0 amide bonds. The third-order valence-corrected chi connectivity index (χ3v) is 4.30. The third-order valence-electron chi connectivity index (χ3n) is 4.30. The summed E-state index contributed by atoms with van der Waals surface area (Å²) in [6.45, 7) is 0. The molecular weight excluding hydrogens is 294 g/mol. The second-order valence-corrected chi connectivity index (χ2v) is 5.87. The number of hydrogen-bond donors (Lipinski definition) is 1. The van der Waals surface area contributed by atoms with E-state index >= 15 is 0 Å². The maximum atomic E-state index is 12.9. The number of Topliss-reactive ketones (excluding diaryl/α,β-unsaturated/α-hetero) is 1. The van der Waals surface area contributed by atoms with Crippen LogP contribution in [0.3, 0.4) is 0 Å². The van der Waals surface area contributed by atoms with Crippen LogP contribution in [0.5, 0.6) is 0 Å². The summed E-state index contributed by atoms with van der Waals surface area (Å²) in [5.41, 5.74) is 4.65. The molecule has 2 nitrogen and oxygen atoms in total. The van der Waals surface area contributed by atoms with Crippen LogP contribution in [0.15, 0.2) is 90.5 Å². The summed E-state index contributed by atoms with van der Waals surface area (Å²) in [6, 6.07) is 27.7. The molecule has 3 aromatic rings. The van der Waals surface area contributed by atoms with Crippen LogP contribution in [0.2, 0.25) is 0 Å². The summed E-state index contributed by atoms with van der Waals surface area (Å²) in [5.74, 6) is 0.0999. The lowest BCUT2D eigenvalue weighted by atomic mass is 10.0. The van der Waals surface area contributed by atoms with Gasteiger partial charge in [0.05, 0.1) is 6.04 Å². The molecule has 0 saturated carbocycles. The highest BCUT2D eigenvalue weighted by molar-refractivity contribution is 6.17. The van der Waals surface area contributed by atoms with Crippen molar-refractivity contribution in [1.29, 1.82) is 0 Å². The van der Waals surface area contributed by atoms with Crippen molar-refractivity contribution in [3.05, 3.63) is 107 Å². The standard InChI is InChI=1S/C22H17NO/c24-22-19-14-8-7-13-18(19)21(23-17-11-5-2-6-12-17)20(22)15-16-9-3-1-4-10-16/h1-15,21,23H/b20-15+. The maximum absolute atomic E-state index is 12.9. The Balaban J connectivity index is 1.79. The molecule has 0 radical (unpaired) electrons. The fraction of sp³-hybridized carbons (Fsp3) is 0.0455. The van der Waals surface area contributed by atoms with Gasteiger partial charge in [0, 0.05) is 16.8 Å². The van der Waals surface area contributed by atoms with Crippen LogP contribution >= 0.6 is 0 Å². The van der Waals surface area contributed by atoms with E-state index in [2.05, 4.69) is 5.32 Å². The minimum atomic E-state index is -0.128. The Morgan fingerprint density at radius 2 is 1.38 bits per heavy atom. The number of carbonyl (C=O) groups is 1. The number of rotatable bonds is 3. The first-order valence-electron chi connectivity index (χ1n) is 8.05. The molecule has 24 heavy (non-hydrogen) atoms. The predicted octanol–water partition coefficient (Wildman–Crippen LogP) is 5.12. The lowest BCUT2D eigenvalue weighted by Crippen LogP contribution is -2.11. The highest BCUT2D eigenvalue weighted by Gasteiger charge is 2.34. The van der Waals surface area contributed by atoms with Crippen LogP contribution in [0, 0.1) is 0 Å². The molecule has 116 valence electrons. The summed E-state index contributed by atoms with van der Waals surface area (Å²) in [6.07, 6.45) is 1.99. The Bertz CT molecular complexity index is 898. The number of ketones is 1. The van der Waals surface area contributed by atoms with Gasteiger partial charge in [-0.15, -0.1) is 0 Å². The number of hydrogen-bond acceptors (Lipinski definition) is 2. The average molecular weight is 311 g/mol. The van der Waals surface area contributed by atoms with Crippen LogP contribution in [0.4, 0.5) is 5.69 Å². The van der Waals surface area contributed by atoms with E-state index in [-0.39, 0.29) is 11.8 Å². The number of carbonyl (C=O) groups excluding carboxylic acids is 1. The molecule has 0 aromatic heterocycles. The molecule has 0 fully saturated rings. The molecule has 1 aliphatic carbocycles. The molecule has 0 heterocycles. The minimum Gasteiger partial charge on any atom is -0.374 e. The van der Waals surface area contributed by atoms with Gasteiger partial charge in [-0.05, 0) is 29.3 Å². The Morgan fingerprint density at radius 1 is 0.750 bits per heavy atom. The highest BCUT2D eigenvalue weighted by Crippen LogP contribution is 2.38. The van der Waals surface area contributed by atoms with Gasteiger partial charge in [-0.3, -0.25) is 4.79 Å². The highest BCUT2D eigenvalue weighted by atomic mass is 16.1. The van der Waals surface area contributed by atoms with Gasteiger partial charge >= 0.3 is 0 Å². The number of benzene rings is 3. The van der Waals surface area contributed by atoms with Gasteiger partial charge in [0.15, 0.2) is 5.78 Å². The Kier molecular flexibility index (Phi) is 3.72. The maximum Gasteiger partial charge on any atom is 0.191 e. The molecule has 1 atom stereocenters. The molecule has 0 spiro atoms. The smallest absolute Gasteiger partial charge is 0.191 e. The summed E-state index contributed by atoms with van der Waals surface area (Å²) in [4.78, 5) is 12.9. The topological polar surface area (TPSA) is 29.1 Å². The zero-order chi connectivity index (χ0) is 16.4. The van der Waals surface area contributed by atoms with E-state index in [9.17, 15) is 4.79 Å². The minimum absolute atomic E-state index is 0.0999. The van der Waals surface area contributed by atoms with E-state index in [4.69, 9.17) is 0 Å². The van der Waals surface area contributed by atoms with Crippen LogP contribution in [-0.2, 0) is 0 Å². The fourth-order valence-corrected chi connectivity index (χ4v) is 3.14. The molecule has 3 aromatic carbocycles. The van der Waals surface area contributed by atoms with Crippen molar-refractivity contribution in [3.8, 4) is 0 Å². The van der Waals surface area contributed by atoms with Crippen LogP contribution in [0.25, 0.3) is 6.08 Å². The second-order valence-electron chi connectivity index (χ2n) is 5.87. The van der Waals surface area contributed by atoms with E-state index in [0.717, 1.165) is 28.0 Å². The van der Waals surface area contributed by atoms with E-state index in [1.54, 1.807) is 0 Å². The molecule has 2 heteroatoms. The molecule has 1 N–H and O–H groups in total. The van der Waals surface area contributed by atoms with Crippen molar-refractivity contribution in [2.75, 3.05) is 5.32 Å². The summed E-state index contributed by atoms with van der Waals surface area (Å²) in [7, 11) is 0. The molecular formula is C22H17NO. The monoisotopic (exact) mass is 311 g/mol. The van der Waals surface area contributed by atoms with Gasteiger partial charge in [0.2, 0.25) is 0 Å². The van der Waals surface area contributed by atoms with Crippen molar-refractivity contribution < 1.29 is 4.79 Å². The zero-order valence-corrected chi connectivity index (χ0v) is 13.1. The zero-order valence-electron chi connectivity index (χ0n) is 13.1. The summed E-state index contributed by atoms with van der Waals surface area (Å²) in [5, 5.41) is 3.51. The first-order chi connectivity index (χ1) is 11.8. The molecule has 1 unspecified atom stereocenters. The first-order valence-corrected chi connectivity index (χ1v) is 8.05. The number of nitrogens with one attached hydrogen (secondary N) is 1. The van der Waals surface area contributed by atoms with E-state index in [0.29, 0.717) is 0 Å². The van der Waals surface area contributed by atoms with Gasteiger partial charge in [-0.2, -0.15) is 0 Å². The van der Waals surface area contributed by atoms with E-state index in [1.165, 1.54) is 0 Å². The van der Waals surface area contributed by atoms with Crippen molar-refractivity contribution in [2.45, 2.75) is 6.04 Å². The number of anilines is 1. The predicted molar refractivity (Wildman–Crippen MR) is 98.0 cm³/mol. The van der Waals surface area contributed by atoms with E-state index in [1.807, 2.05) is 91.0 Å². The normalized spacial score (nSPS) is 17.8.